The summed E-state index contributed by atoms with van der Waals surface area (Å²) in [5.41, 5.74) is 2.24. The van der Waals surface area contributed by atoms with Gasteiger partial charge in [0.25, 0.3) is 0 Å². The number of nitrogens with one attached hydrogen (secondary N) is 2. The zero-order chi connectivity index (χ0) is 25.1. The molecule has 2 bridgehead atoms. The van der Waals surface area contributed by atoms with Crippen LogP contribution in [0.5, 0.6) is 0 Å². The Bertz CT molecular complexity index is 1620. The van der Waals surface area contributed by atoms with E-state index in [1.54, 1.807) is 11.3 Å². The van der Waals surface area contributed by atoms with Gasteiger partial charge in [0.2, 0.25) is 0 Å². The maximum atomic E-state index is 12.3. The van der Waals surface area contributed by atoms with Crippen molar-refractivity contribution < 1.29 is 9.90 Å². The average molecular weight is 530 g/mol. The van der Waals surface area contributed by atoms with Gasteiger partial charge in [0, 0.05) is 27.2 Å². The van der Waals surface area contributed by atoms with Crippen molar-refractivity contribution in [3.05, 3.63) is 59.6 Å². The van der Waals surface area contributed by atoms with E-state index in [1.165, 1.54) is 4.70 Å². The fraction of sp³-hybridized carbons (Fsp3) is 0.286. The molecule has 3 aliphatic rings. The van der Waals surface area contributed by atoms with Crippen molar-refractivity contribution in [3.8, 4) is 22.1 Å². The lowest BCUT2D eigenvalue weighted by atomic mass is 9.61. The van der Waals surface area contributed by atoms with Crippen LogP contribution in [0.4, 0.5) is 5.82 Å². The molecule has 3 aromatic heterocycles. The van der Waals surface area contributed by atoms with E-state index in [9.17, 15) is 9.90 Å². The maximum Gasteiger partial charge on any atom is 0.308 e. The summed E-state index contributed by atoms with van der Waals surface area (Å²) in [7, 11) is 0. The predicted molar refractivity (Wildman–Crippen MR) is 147 cm³/mol. The molecular formula is C28H24ClN5O2S. The van der Waals surface area contributed by atoms with Gasteiger partial charge in [-0.3, -0.25) is 9.89 Å². The number of carboxylic acids is 1. The van der Waals surface area contributed by atoms with E-state index in [0.717, 1.165) is 52.5 Å². The minimum atomic E-state index is -0.723. The van der Waals surface area contributed by atoms with Crippen molar-refractivity contribution in [2.24, 2.45) is 17.8 Å². The first-order valence-electron chi connectivity index (χ1n) is 12.5. The van der Waals surface area contributed by atoms with Crippen molar-refractivity contribution in [2.45, 2.75) is 31.7 Å². The van der Waals surface area contributed by atoms with Crippen LogP contribution >= 0.6 is 22.9 Å². The van der Waals surface area contributed by atoms with Gasteiger partial charge in [-0.15, -0.1) is 11.3 Å². The van der Waals surface area contributed by atoms with E-state index in [2.05, 4.69) is 33.7 Å². The van der Waals surface area contributed by atoms with Gasteiger partial charge in [0.1, 0.15) is 11.5 Å². The van der Waals surface area contributed by atoms with Crippen molar-refractivity contribution in [3.63, 3.8) is 0 Å². The van der Waals surface area contributed by atoms with Gasteiger partial charge in [-0.25, -0.2) is 9.97 Å². The molecule has 0 radical (unpaired) electrons. The molecule has 7 nitrogen and oxygen atoms in total. The second kappa shape index (κ2) is 8.82. The van der Waals surface area contributed by atoms with E-state index in [-0.39, 0.29) is 12.0 Å². The lowest BCUT2D eigenvalue weighted by molar-refractivity contribution is -0.148. The molecule has 37 heavy (non-hydrogen) atoms. The van der Waals surface area contributed by atoms with E-state index < -0.39 is 11.9 Å². The first-order valence-corrected chi connectivity index (χ1v) is 13.7. The number of carbonyl (C=O) groups is 1. The quantitative estimate of drug-likeness (QED) is 0.230. The summed E-state index contributed by atoms with van der Waals surface area (Å²) < 4.78 is 1.18. The highest BCUT2D eigenvalue weighted by Crippen LogP contribution is 2.46. The Balaban J connectivity index is 1.36. The van der Waals surface area contributed by atoms with Gasteiger partial charge in [-0.05, 0) is 73.2 Å². The van der Waals surface area contributed by atoms with Crippen LogP contribution in [0.2, 0.25) is 5.02 Å². The lowest BCUT2D eigenvalue weighted by Gasteiger charge is -2.47. The highest BCUT2D eigenvalue weighted by molar-refractivity contribution is 7.22. The van der Waals surface area contributed by atoms with Crippen LogP contribution < -0.4 is 5.32 Å². The third-order valence-electron chi connectivity index (χ3n) is 7.96. The summed E-state index contributed by atoms with van der Waals surface area (Å²) in [5, 5.41) is 23.8. The summed E-state index contributed by atoms with van der Waals surface area (Å²) in [4.78, 5) is 23.1. The summed E-state index contributed by atoms with van der Waals surface area (Å²) in [6.45, 7) is 0. The molecule has 9 heteroatoms. The van der Waals surface area contributed by atoms with Crippen LogP contribution in [-0.2, 0) is 4.79 Å². The summed E-state index contributed by atoms with van der Waals surface area (Å²) >= 11 is 7.97. The standard InChI is InChI=1S/C28H24ClN5O2S/c29-17-9-10-19-18(12-17)26(34-33-19)27-30-20(22-11-16-3-1-2-4-21(16)37-22)13-23(32-27)31-25-15-7-5-14(6-8-15)24(25)28(35)36/h1-4,9-15,24-25H,5-8H2,(H,33,34)(H,35,36)(H,30,31,32). The number of H-pyrrole nitrogens is 1. The van der Waals surface area contributed by atoms with Crippen molar-refractivity contribution in [2.75, 3.05) is 5.32 Å². The van der Waals surface area contributed by atoms with E-state index in [0.29, 0.717) is 28.3 Å². The summed E-state index contributed by atoms with van der Waals surface area (Å²) in [6, 6.07) is 17.7. The zero-order valence-electron chi connectivity index (χ0n) is 19.8. The van der Waals surface area contributed by atoms with Gasteiger partial charge < -0.3 is 10.4 Å². The minimum Gasteiger partial charge on any atom is -0.481 e. The Hall–Kier alpha value is -3.49. The molecule has 0 saturated heterocycles. The molecule has 3 saturated carbocycles. The van der Waals surface area contributed by atoms with Crippen molar-refractivity contribution in [1.82, 2.24) is 20.2 Å². The second-order valence-corrected chi connectivity index (χ2v) is 11.6. The number of anilines is 1. The van der Waals surface area contributed by atoms with Crippen molar-refractivity contribution in [1.29, 1.82) is 0 Å². The number of hydrogen-bond acceptors (Lipinski definition) is 6. The molecule has 0 amide bonds. The number of aromatic amines is 1. The summed E-state index contributed by atoms with van der Waals surface area (Å²) in [6.07, 6.45) is 4.08. The smallest absolute Gasteiger partial charge is 0.308 e. The molecule has 0 spiro atoms. The van der Waals surface area contributed by atoms with Crippen molar-refractivity contribution >= 4 is 55.7 Å². The Labute approximate surface area is 221 Å². The fourth-order valence-corrected chi connectivity index (χ4v) is 7.40. The number of carboxylic acid groups (broad SMARTS) is 1. The second-order valence-electron chi connectivity index (χ2n) is 10.1. The maximum absolute atomic E-state index is 12.3. The Morgan fingerprint density at radius 1 is 1.03 bits per heavy atom. The van der Waals surface area contributed by atoms with Gasteiger partial charge in [0.05, 0.1) is 22.0 Å². The lowest BCUT2D eigenvalue weighted by Crippen LogP contribution is -2.51. The van der Waals surface area contributed by atoms with Gasteiger partial charge in [-0.2, -0.15) is 5.10 Å². The number of aromatic nitrogens is 4. The molecule has 3 N–H and O–H groups in total. The molecule has 0 aliphatic heterocycles. The molecule has 2 aromatic carbocycles. The normalized spacial score (nSPS) is 23.1. The largest absolute Gasteiger partial charge is 0.481 e. The highest BCUT2D eigenvalue weighted by atomic mass is 35.5. The van der Waals surface area contributed by atoms with Crippen LogP contribution in [-0.4, -0.2) is 37.3 Å². The number of rotatable bonds is 5. The molecule has 2 atom stereocenters. The van der Waals surface area contributed by atoms with Crippen LogP contribution in [0.15, 0.2) is 54.6 Å². The van der Waals surface area contributed by atoms with Gasteiger partial charge in [0.15, 0.2) is 5.82 Å². The van der Waals surface area contributed by atoms with Gasteiger partial charge >= 0.3 is 5.97 Å². The van der Waals surface area contributed by atoms with Crippen LogP contribution in [0.25, 0.3) is 43.1 Å². The minimum absolute atomic E-state index is 0.159. The Morgan fingerprint density at radius 2 is 1.84 bits per heavy atom. The highest BCUT2D eigenvalue weighted by Gasteiger charge is 2.47. The Morgan fingerprint density at radius 3 is 2.65 bits per heavy atom. The zero-order valence-corrected chi connectivity index (χ0v) is 21.4. The number of aliphatic carboxylic acids is 1. The number of nitrogens with zero attached hydrogens (tertiary/aromatic N) is 3. The number of hydrogen-bond donors (Lipinski definition) is 3. The topological polar surface area (TPSA) is 104 Å². The third-order valence-corrected chi connectivity index (χ3v) is 9.33. The van der Waals surface area contributed by atoms with E-state index in [4.69, 9.17) is 21.6 Å². The number of fused-ring (bicyclic) bond motifs is 5. The molecule has 3 aliphatic carbocycles. The molecular weight excluding hydrogens is 506 g/mol. The molecule has 3 heterocycles. The molecule has 5 aromatic rings. The van der Waals surface area contributed by atoms with Crippen LogP contribution in [0.3, 0.4) is 0 Å². The third kappa shape index (κ3) is 3.95. The number of thiophene rings is 1. The fourth-order valence-electron chi connectivity index (χ4n) is 6.20. The number of halogens is 1. The molecule has 3 fully saturated rings. The van der Waals surface area contributed by atoms with Crippen LogP contribution in [0.1, 0.15) is 25.7 Å². The average Bonchev–Trinajstić information content (AvgIpc) is 3.53. The molecule has 186 valence electrons. The predicted octanol–water partition coefficient (Wildman–Crippen LogP) is 6.86. The SMILES string of the molecule is O=C(O)C1C2CCC(CC2)C1Nc1cc(-c2cc3ccccc3s2)nc(-c2n[nH]c3ccc(Cl)cc23)n1. The van der Waals surface area contributed by atoms with E-state index >= 15 is 0 Å². The molecule has 2 unspecified atom stereocenters. The Kier molecular flexibility index (Phi) is 5.41. The van der Waals surface area contributed by atoms with Gasteiger partial charge in [-0.1, -0.05) is 29.8 Å². The first-order chi connectivity index (χ1) is 18.0. The van der Waals surface area contributed by atoms with Crippen LogP contribution in [0, 0.1) is 17.8 Å². The molecule has 8 rings (SSSR count). The summed E-state index contributed by atoms with van der Waals surface area (Å²) in [5.74, 6) is 0.490. The van der Waals surface area contributed by atoms with E-state index in [1.807, 2.05) is 36.4 Å². The first kappa shape index (κ1) is 22.7. The monoisotopic (exact) mass is 529 g/mol. The number of benzene rings is 2.